The van der Waals surface area contributed by atoms with E-state index in [1.807, 2.05) is 18.2 Å². The second-order valence-corrected chi connectivity index (χ2v) is 5.95. The topological polar surface area (TPSA) is 55.3 Å². The van der Waals surface area contributed by atoms with Gasteiger partial charge in [0.25, 0.3) is 5.91 Å². The summed E-state index contributed by atoms with van der Waals surface area (Å²) in [4.78, 5) is 23.0. The number of hydrogen-bond donors (Lipinski definition) is 0. The molecule has 0 atom stereocenters. The third kappa shape index (κ3) is 3.28. The van der Waals surface area contributed by atoms with Crippen molar-refractivity contribution in [3.8, 4) is 5.75 Å². The fraction of sp³-hybridized carbons (Fsp3) is 0.211. The minimum absolute atomic E-state index is 0.0659. The van der Waals surface area contributed by atoms with Crippen LogP contribution in [0.1, 0.15) is 11.3 Å². The van der Waals surface area contributed by atoms with Gasteiger partial charge in [0.2, 0.25) is 0 Å². The summed E-state index contributed by atoms with van der Waals surface area (Å²) in [6.07, 6.45) is 2.43. The molecule has 0 bridgehead atoms. The molecule has 2 aromatic heterocycles. The quantitative estimate of drug-likeness (QED) is 0.737. The highest BCUT2D eigenvalue weighted by atomic mass is 19.1. The highest BCUT2D eigenvalue weighted by Crippen LogP contribution is 2.21. The Morgan fingerprint density at radius 1 is 1.24 bits per heavy atom. The van der Waals surface area contributed by atoms with E-state index in [1.54, 1.807) is 11.1 Å². The number of pyridine rings is 2. The molecule has 0 spiro atoms. The molecule has 0 fully saturated rings. The van der Waals surface area contributed by atoms with E-state index in [0.29, 0.717) is 25.3 Å². The van der Waals surface area contributed by atoms with E-state index < -0.39 is 0 Å². The number of nitrogens with zero attached hydrogens (tertiary/aromatic N) is 3. The molecule has 0 N–H and O–H groups in total. The molecule has 0 aliphatic carbocycles. The van der Waals surface area contributed by atoms with E-state index in [-0.39, 0.29) is 18.3 Å². The number of benzene rings is 1. The second-order valence-electron chi connectivity index (χ2n) is 5.95. The van der Waals surface area contributed by atoms with Crippen LogP contribution in [0.15, 0.2) is 48.7 Å². The predicted molar refractivity (Wildman–Crippen MR) is 90.6 cm³/mol. The zero-order valence-electron chi connectivity index (χ0n) is 13.5. The van der Waals surface area contributed by atoms with Crippen molar-refractivity contribution in [2.24, 2.45) is 0 Å². The molecule has 3 aromatic rings. The van der Waals surface area contributed by atoms with Crippen molar-refractivity contribution < 1.29 is 13.9 Å². The van der Waals surface area contributed by atoms with Crippen LogP contribution in [-0.4, -0.2) is 33.9 Å². The van der Waals surface area contributed by atoms with Crippen molar-refractivity contribution in [3.05, 3.63) is 65.7 Å². The van der Waals surface area contributed by atoms with Crippen molar-refractivity contribution in [1.82, 2.24) is 14.9 Å². The maximum absolute atomic E-state index is 12.9. The zero-order valence-corrected chi connectivity index (χ0v) is 13.5. The largest absolute Gasteiger partial charge is 0.484 e. The number of ether oxygens (including phenoxy) is 1. The van der Waals surface area contributed by atoms with Crippen molar-refractivity contribution in [3.63, 3.8) is 0 Å². The van der Waals surface area contributed by atoms with Crippen LogP contribution in [0.5, 0.6) is 5.75 Å². The van der Waals surface area contributed by atoms with E-state index >= 15 is 0 Å². The lowest BCUT2D eigenvalue weighted by atomic mass is 10.0. The molecular formula is C19H16FN3O2. The molecule has 1 aliphatic heterocycles. The Morgan fingerprint density at radius 3 is 2.92 bits per heavy atom. The first-order chi connectivity index (χ1) is 12.2. The van der Waals surface area contributed by atoms with Gasteiger partial charge in [-0.1, -0.05) is 0 Å². The molecule has 1 aromatic carbocycles. The van der Waals surface area contributed by atoms with Gasteiger partial charge in [-0.05, 0) is 48.0 Å². The summed E-state index contributed by atoms with van der Waals surface area (Å²) in [6, 6.07) is 11.5. The molecule has 126 valence electrons. The summed E-state index contributed by atoms with van der Waals surface area (Å²) in [5, 5.41) is 0.970. The SMILES string of the molecule is O=C(COc1ccc(F)cc1)N1CCc2nc3ncccc3cc2C1. The number of fused-ring (bicyclic) bond motifs is 2. The minimum atomic E-state index is -0.333. The van der Waals surface area contributed by atoms with Crippen LogP contribution < -0.4 is 4.74 Å². The minimum Gasteiger partial charge on any atom is -0.484 e. The van der Waals surface area contributed by atoms with Gasteiger partial charge in [0, 0.05) is 36.8 Å². The Hall–Kier alpha value is -3.02. The maximum atomic E-state index is 12.9. The van der Waals surface area contributed by atoms with Gasteiger partial charge in [-0.2, -0.15) is 0 Å². The van der Waals surface area contributed by atoms with Gasteiger partial charge in [0.05, 0.1) is 0 Å². The molecule has 5 nitrogen and oxygen atoms in total. The standard InChI is InChI=1S/C19H16FN3O2/c20-15-3-5-16(6-4-15)25-12-18(24)23-9-7-17-14(11-23)10-13-2-1-8-21-19(13)22-17/h1-6,8,10H,7,9,11-12H2. The molecule has 0 saturated carbocycles. The van der Waals surface area contributed by atoms with E-state index in [9.17, 15) is 9.18 Å². The molecule has 0 unspecified atom stereocenters. The molecule has 0 saturated heterocycles. The van der Waals surface area contributed by atoms with Crippen molar-refractivity contribution >= 4 is 16.9 Å². The molecule has 3 heterocycles. The Bertz CT molecular complexity index is 928. The van der Waals surface area contributed by atoms with Gasteiger partial charge < -0.3 is 9.64 Å². The van der Waals surface area contributed by atoms with Crippen LogP contribution in [0.4, 0.5) is 4.39 Å². The van der Waals surface area contributed by atoms with Gasteiger partial charge in [0.1, 0.15) is 11.6 Å². The summed E-state index contributed by atoms with van der Waals surface area (Å²) >= 11 is 0. The Kier molecular flexibility index (Phi) is 4.01. The molecular weight excluding hydrogens is 321 g/mol. The van der Waals surface area contributed by atoms with Gasteiger partial charge in [0.15, 0.2) is 12.3 Å². The van der Waals surface area contributed by atoms with Crippen molar-refractivity contribution in [1.29, 1.82) is 0 Å². The molecule has 0 radical (unpaired) electrons. The lowest BCUT2D eigenvalue weighted by Gasteiger charge is -2.28. The zero-order chi connectivity index (χ0) is 17.2. The summed E-state index contributed by atoms with van der Waals surface area (Å²) in [6.45, 7) is 1.05. The predicted octanol–water partition coefficient (Wildman–Crippen LogP) is 2.73. The third-order valence-corrected chi connectivity index (χ3v) is 4.27. The number of carbonyl (C=O) groups is 1. The number of carbonyl (C=O) groups excluding carboxylic acids is 1. The van der Waals surface area contributed by atoms with Gasteiger partial charge in [-0.25, -0.2) is 14.4 Å². The van der Waals surface area contributed by atoms with Gasteiger partial charge >= 0.3 is 0 Å². The van der Waals surface area contributed by atoms with Crippen LogP contribution in [0, 0.1) is 5.82 Å². The summed E-state index contributed by atoms with van der Waals surface area (Å²) in [5.41, 5.74) is 2.78. The third-order valence-electron chi connectivity index (χ3n) is 4.27. The summed E-state index contributed by atoms with van der Waals surface area (Å²) in [7, 11) is 0. The van der Waals surface area contributed by atoms with Crippen LogP contribution in [-0.2, 0) is 17.8 Å². The van der Waals surface area contributed by atoms with Crippen LogP contribution in [0.25, 0.3) is 11.0 Å². The molecule has 6 heteroatoms. The number of hydrogen-bond acceptors (Lipinski definition) is 4. The van der Waals surface area contributed by atoms with Crippen LogP contribution in [0.3, 0.4) is 0 Å². The van der Waals surface area contributed by atoms with Crippen LogP contribution in [0.2, 0.25) is 0 Å². The summed E-state index contributed by atoms with van der Waals surface area (Å²) < 4.78 is 18.3. The monoisotopic (exact) mass is 337 g/mol. The summed E-state index contributed by atoms with van der Waals surface area (Å²) in [5.74, 6) is 0.0488. The highest BCUT2D eigenvalue weighted by Gasteiger charge is 2.22. The first-order valence-electron chi connectivity index (χ1n) is 8.09. The Morgan fingerprint density at radius 2 is 2.08 bits per heavy atom. The number of rotatable bonds is 3. The number of amides is 1. The van der Waals surface area contributed by atoms with Gasteiger partial charge in [-0.3, -0.25) is 4.79 Å². The highest BCUT2D eigenvalue weighted by molar-refractivity contribution is 5.79. The first-order valence-corrected chi connectivity index (χ1v) is 8.09. The molecule has 4 rings (SSSR count). The van der Waals surface area contributed by atoms with Crippen molar-refractivity contribution in [2.75, 3.05) is 13.2 Å². The number of halogens is 1. The average Bonchev–Trinajstić information content (AvgIpc) is 2.65. The lowest BCUT2D eigenvalue weighted by Crippen LogP contribution is -2.39. The fourth-order valence-corrected chi connectivity index (χ4v) is 2.95. The molecule has 1 aliphatic rings. The smallest absolute Gasteiger partial charge is 0.260 e. The van der Waals surface area contributed by atoms with Crippen molar-refractivity contribution in [2.45, 2.75) is 13.0 Å². The molecule has 25 heavy (non-hydrogen) atoms. The normalized spacial score (nSPS) is 13.6. The number of aromatic nitrogens is 2. The van der Waals surface area contributed by atoms with E-state index in [0.717, 1.165) is 22.3 Å². The lowest BCUT2D eigenvalue weighted by molar-refractivity contribution is -0.134. The molecule has 1 amide bonds. The van der Waals surface area contributed by atoms with E-state index in [1.165, 1.54) is 24.3 Å². The van der Waals surface area contributed by atoms with Gasteiger partial charge in [-0.15, -0.1) is 0 Å². The first kappa shape index (κ1) is 15.5. The fourth-order valence-electron chi connectivity index (χ4n) is 2.95. The van der Waals surface area contributed by atoms with E-state index in [4.69, 9.17) is 4.74 Å². The second kappa shape index (κ2) is 6.47. The Balaban J connectivity index is 1.45. The van der Waals surface area contributed by atoms with E-state index in [2.05, 4.69) is 9.97 Å². The maximum Gasteiger partial charge on any atom is 0.260 e. The Labute approximate surface area is 144 Å². The average molecular weight is 337 g/mol. The van der Waals surface area contributed by atoms with Crippen LogP contribution >= 0.6 is 0 Å².